The van der Waals surface area contributed by atoms with Gasteiger partial charge in [0.25, 0.3) is 5.91 Å². The Morgan fingerprint density at radius 3 is 2.28 bits per heavy atom. The molecule has 29 heavy (non-hydrogen) atoms. The zero-order valence-corrected chi connectivity index (χ0v) is 16.2. The van der Waals surface area contributed by atoms with E-state index in [1.165, 1.54) is 0 Å². The Bertz CT molecular complexity index is 961. The van der Waals surface area contributed by atoms with Gasteiger partial charge in [-0.3, -0.25) is 14.5 Å². The summed E-state index contributed by atoms with van der Waals surface area (Å²) < 4.78 is 5.62. The lowest BCUT2D eigenvalue weighted by Gasteiger charge is -2.26. The third-order valence-electron chi connectivity index (χ3n) is 5.36. The Balaban J connectivity index is 1.52. The number of carbonyl (C=O) groups is 2. The molecule has 0 spiro atoms. The first kappa shape index (κ1) is 19.2. The van der Waals surface area contributed by atoms with Gasteiger partial charge in [-0.15, -0.1) is 0 Å². The van der Waals surface area contributed by atoms with Gasteiger partial charge in [-0.05, 0) is 44.1 Å². The smallest absolute Gasteiger partial charge is 0.252 e. The summed E-state index contributed by atoms with van der Waals surface area (Å²) in [7, 11) is 0. The van der Waals surface area contributed by atoms with Crippen molar-refractivity contribution >= 4 is 11.7 Å². The quantitative estimate of drug-likeness (QED) is 0.620. The molecule has 1 N–H and O–H groups in total. The molecule has 1 atom stereocenters. The van der Waals surface area contributed by atoms with Gasteiger partial charge in [0, 0.05) is 17.7 Å². The SMILES string of the molecule is O=C(NC[C@@H](c1ccco1)N1CCCC1)c1ccccc1C(=O)c1ccccc1. The second-order valence-corrected chi connectivity index (χ2v) is 7.23. The van der Waals surface area contributed by atoms with E-state index in [1.807, 2.05) is 30.3 Å². The van der Waals surface area contributed by atoms with Crippen molar-refractivity contribution in [3.63, 3.8) is 0 Å². The zero-order valence-electron chi connectivity index (χ0n) is 16.2. The number of nitrogens with one attached hydrogen (secondary N) is 1. The number of benzene rings is 2. The third-order valence-corrected chi connectivity index (χ3v) is 5.36. The summed E-state index contributed by atoms with van der Waals surface area (Å²) in [6, 6.07) is 19.8. The summed E-state index contributed by atoms with van der Waals surface area (Å²) in [6.07, 6.45) is 3.97. The number of furan rings is 1. The molecule has 2 heterocycles. The van der Waals surface area contributed by atoms with Crippen molar-refractivity contribution in [2.24, 2.45) is 0 Å². The number of nitrogens with zero attached hydrogens (tertiary/aromatic N) is 1. The van der Waals surface area contributed by atoms with Crippen LogP contribution in [0.5, 0.6) is 0 Å². The molecule has 5 heteroatoms. The van der Waals surface area contributed by atoms with E-state index >= 15 is 0 Å². The number of likely N-dealkylation sites (tertiary alicyclic amines) is 1. The number of amides is 1. The van der Waals surface area contributed by atoms with Crippen LogP contribution in [0.3, 0.4) is 0 Å². The number of hydrogen-bond acceptors (Lipinski definition) is 4. The van der Waals surface area contributed by atoms with Crippen LogP contribution < -0.4 is 5.32 Å². The molecule has 0 aliphatic carbocycles. The van der Waals surface area contributed by atoms with Crippen molar-refractivity contribution in [2.45, 2.75) is 18.9 Å². The van der Waals surface area contributed by atoms with Crippen molar-refractivity contribution in [2.75, 3.05) is 19.6 Å². The van der Waals surface area contributed by atoms with E-state index < -0.39 is 0 Å². The fraction of sp³-hybridized carbons (Fsp3) is 0.250. The topological polar surface area (TPSA) is 62.6 Å². The molecule has 4 rings (SSSR count). The fourth-order valence-corrected chi connectivity index (χ4v) is 3.85. The zero-order chi connectivity index (χ0) is 20.1. The molecular formula is C24H24N2O3. The molecule has 1 fully saturated rings. The van der Waals surface area contributed by atoms with Gasteiger partial charge in [0.1, 0.15) is 5.76 Å². The normalized spacial score (nSPS) is 15.2. The van der Waals surface area contributed by atoms with Gasteiger partial charge in [0.2, 0.25) is 0 Å². The molecule has 2 aromatic carbocycles. The van der Waals surface area contributed by atoms with Gasteiger partial charge in [-0.25, -0.2) is 0 Å². The highest BCUT2D eigenvalue weighted by Gasteiger charge is 2.26. The van der Waals surface area contributed by atoms with E-state index in [0.717, 1.165) is 31.7 Å². The maximum atomic E-state index is 13.0. The highest BCUT2D eigenvalue weighted by atomic mass is 16.3. The second-order valence-electron chi connectivity index (χ2n) is 7.23. The van der Waals surface area contributed by atoms with Gasteiger partial charge in [-0.1, -0.05) is 48.5 Å². The van der Waals surface area contributed by atoms with Crippen molar-refractivity contribution in [1.82, 2.24) is 10.2 Å². The van der Waals surface area contributed by atoms with Gasteiger partial charge in [0.15, 0.2) is 5.78 Å². The molecule has 1 amide bonds. The second kappa shape index (κ2) is 8.88. The first-order valence-corrected chi connectivity index (χ1v) is 9.98. The summed E-state index contributed by atoms with van der Waals surface area (Å²) in [5.74, 6) is 0.444. The molecule has 0 unspecified atom stereocenters. The minimum atomic E-state index is -0.249. The molecule has 148 valence electrons. The maximum Gasteiger partial charge on any atom is 0.252 e. The van der Waals surface area contributed by atoms with Crippen LogP contribution in [0, 0.1) is 0 Å². The van der Waals surface area contributed by atoms with Crippen LogP contribution in [0.4, 0.5) is 0 Å². The van der Waals surface area contributed by atoms with E-state index in [9.17, 15) is 9.59 Å². The van der Waals surface area contributed by atoms with Crippen LogP contribution in [-0.2, 0) is 0 Å². The Kier molecular flexibility index (Phi) is 5.86. The average molecular weight is 388 g/mol. The summed E-state index contributed by atoms with van der Waals surface area (Å²) in [5.41, 5.74) is 1.37. The van der Waals surface area contributed by atoms with E-state index in [2.05, 4.69) is 10.2 Å². The lowest BCUT2D eigenvalue weighted by Crippen LogP contribution is -2.37. The number of rotatable bonds is 7. The van der Waals surface area contributed by atoms with E-state index in [-0.39, 0.29) is 17.7 Å². The highest BCUT2D eigenvalue weighted by molar-refractivity contribution is 6.15. The molecule has 1 saturated heterocycles. The molecule has 0 bridgehead atoms. The first-order chi connectivity index (χ1) is 14.2. The summed E-state index contributed by atoms with van der Waals surface area (Å²) >= 11 is 0. The summed E-state index contributed by atoms with van der Waals surface area (Å²) in [6.45, 7) is 2.41. The lowest BCUT2D eigenvalue weighted by atomic mass is 9.98. The van der Waals surface area contributed by atoms with Crippen LogP contribution >= 0.6 is 0 Å². The maximum absolute atomic E-state index is 13.0. The molecule has 1 aliphatic heterocycles. The van der Waals surface area contributed by atoms with Crippen LogP contribution in [0.25, 0.3) is 0 Å². The molecular weight excluding hydrogens is 364 g/mol. The molecule has 0 radical (unpaired) electrons. The summed E-state index contributed by atoms with van der Waals surface area (Å²) in [4.78, 5) is 28.2. The van der Waals surface area contributed by atoms with Crippen molar-refractivity contribution in [3.8, 4) is 0 Å². The standard InChI is InChI=1S/C24H24N2O3/c27-23(18-9-2-1-3-10-18)19-11-4-5-12-20(19)24(28)25-17-21(22-13-8-16-29-22)26-14-6-7-15-26/h1-5,8-13,16,21H,6-7,14-15,17H2,(H,25,28)/t21-/m0/s1. The van der Waals surface area contributed by atoms with Crippen LogP contribution in [0.2, 0.25) is 0 Å². The highest BCUT2D eigenvalue weighted by Crippen LogP contribution is 2.25. The molecule has 1 aliphatic rings. The van der Waals surface area contributed by atoms with Crippen molar-refractivity contribution in [1.29, 1.82) is 0 Å². The average Bonchev–Trinajstić information content (AvgIpc) is 3.49. The first-order valence-electron chi connectivity index (χ1n) is 9.98. The number of carbonyl (C=O) groups excluding carboxylic acids is 2. The minimum Gasteiger partial charge on any atom is -0.468 e. The molecule has 5 nitrogen and oxygen atoms in total. The summed E-state index contributed by atoms with van der Waals surface area (Å²) in [5, 5.41) is 3.02. The number of ketones is 1. The Morgan fingerprint density at radius 2 is 1.59 bits per heavy atom. The van der Waals surface area contributed by atoms with Crippen LogP contribution in [0.15, 0.2) is 77.4 Å². The van der Waals surface area contributed by atoms with E-state index in [4.69, 9.17) is 4.42 Å². The number of hydrogen-bond donors (Lipinski definition) is 1. The van der Waals surface area contributed by atoms with Gasteiger partial charge in [-0.2, -0.15) is 0 Å². The van der Waals surface area contributed by atoms with E-state index in [0.29, 0.717) is 23.2 Å². The van der Waals surface area contributed by atoms with Crippen molar-refractivity contribution in [3.05, 3.63) is 95.4 Å². The van der Waals surface area contributed by atoms with Crippen molar-refractivity contribution < 1.29 is 14.0 Å². The Morgan fingerprint density at radius 1 is 0.897 bits per heavy atom. The van der Waals surface area contributed by atoms with Crippen LogP contribution in [0.1, 0.15) is 50.9 Å². The molecule has 0 saturated carbocycles. The Labute approximate surface area is 170 Å². The van der Waals surface area contributed by atoms with Gasteiger partial charge < -0.3 is 9.73 Å². The minimum absolute atomic E-state index is 0.00608. The van der Waals surface area contributed by atoms with Gasteiger partial charge in [0.05, 0.1) is 17.9 Å². The predicted octanol–water partition coefficient (Wildman–Crippen LogP) is 4.08. The monoisotopic (exact) mass is 388 g/mol. The Hall–Kier alpha value is -3.18. The van der Waals surface area contributed by atoms with E-state index in [1.54, 1.807) is 42.7 Å². The lowest BCUT2D eigenvalue weighted by molar-refractivity contribution is 0.0924. The third kappa shape index (κ3) is 4.30. The predicted molar refractivity (Wildman–Crippen MR) is 111 cm³/mol. The van der Waals surface area contributed by atoms with Gasteiger partial charge >= 0.3 is 0 Å². The van der Waals surface area contributed by atoms with Crippen LogP contribution in [-0.4, -0.2) is 36.2 Å². The molecule has 1 aromatic heterocycles. The molecule has 3 aromatic rings. The largest absolute Gasteiger partial charge is 0.468 e. The fourth-order valence-electron chi connectivity index (χ4n) is 3.85.